The molecule has 4 aromatic rings. The maximum Gasteiger partial charge on any atom is 0.330 e. The van der Waals surface area contributed by atoms with Crippen molar-refractivity contribution < 1.29 is 84.0 Å². The van der Waals surface area contributed by atoms with Crippen LogP contribution >= 0.6 is 0 Å². The van der Waals surface area contributed by atoms with E-state index in [1.165, 1.54) is 49.6 Å². The van der Waals surface area contributed by atoms with Gasteiger partial charge in [-0.15, -0.1) is 0 Å². The summed E-state index contributed by atoms with van der Waals surface area (Å²) in [5.74, 6) is -2.39. The molecule has 0 spiro atoms. The molecule has 18 heteroatoms. The van der Waals surface area contributed by atoms with Crippen LogP contribution in [0.15, 0.2) is 69.9 Å². The van der Waals surface area contributed by atoms with Crippen LogP contribution in [0.25, 0.3) is 28.4 Å². The number of phenolic OH excluding ortho intramolecular Hbond substituents is 3. The molecule has 2 fully saturated rings. The number of esters is 1. The molecule has 0 amide bonds. The van der Waals surface area contributed by atoms with E-state index >= 15 is 0 Å². The monoisotopic (exact) mass is 770 g/mol. The van der Waals surface area contributed by atoms with Gasteiger partial charge in [0, 0.05) is 23.8 Å². The van der Waals surface area contributed by atoms with E-state index in [9.17, 15) is 60.7 Å². The fourth-order valence-corrected chi connectivity index (χ4v) is 6.24. The number of rotatable bonds is 10. The molecule has 10 N–H and O–H groups in total. The Hall–Kier alpha value is -5.28. The summed E-state index contributed by atoms with van der Waals surface area (Å²) in [6, 6.07) is 12.0. The standard InChI is InChI=1S/C37H38O18/c1-50-20-8-2-15(10-18(20)40)3-9-26(42)51-14-25-30(44)33(47)35(49)37(55-25)54-23-12-22-27(19(41)11-21(52-22)16-4-6-17(39)7-5-16)31(45)28(23)36-34(48)32(46)29(43)24(13-38)53-36/h2-12,24-25,29-30,32-40,43-49H,13-14H2,1H3/b9-3+/t24-,25?,29-,30-,32+,33+,34-,35-,36+,37?/m1/s1. The zero-order chi connectivity index (χ0) is 39.7. The van der Waals surface area contributed by atoms with Gasteiger partial charge in [-0.25, -0.2) is 4.79 Å². The first-order valence-corrected chi connectivity index (χ1v) is 16.7. The molecule has 2 aliphatic heterocycles. The van der Waals surface area contributed by atoms with Crippen molar-refractivity contribution in [3.63, 3.8) is 0 Å². The zero-order valence-corrected chi connectivity index (χ0v) is 28.8. The fraction of sp³-hybridized carbons (Fsp3) is 0.351. The van der Waals surface area contributed by atoms with Gasteiger partial charge in [-0.05, 0) is 48.0 Å². The van der Waals surface area contributed by atoms with Gasteiger partial charge >= 0.3 is 5.97 Å². The van der Waals surface area contributed by atoms with Gasteiger partial charge in [-0.3, -0.25) is 4.79 Å². The number of aromatic hydroxyl groups is 3. The average Bonchev–Trinajstić information content (AvgIpc) is 3.16. The Kier molecular flexibility index (Phi) is 11.6. The molecule has 18 nitrogen and oxygen atoms in total. The van der Waals surface area contributed by atoms with Crippen molar-refractivity contribution in [2.24, 2.45) is 0 Å². The lowest BCUT2D eigenvalue weighted by Gasteiger charge is -2.42. The molecule has 0 bridgehead atoms. The fourth-order valence-electron chi connectivity index (χ4n) is 6.24. The highest BCUT2D eigenvalue weighted by Gasteiger charge is 2.49. The molecule has 0 aliphatic carbocycles. The van der Waals surface area contributed by atoms with E-state index in [-0.39, 0.29) is 28.6 Å². The van der Waals surface area contributed by atoms with E-state index in [4.69, 9.17) is 28.1 Å². The smallest absolute Gasteiger partial charge is 0.330 e. The molecule has 55 heavy (non-hydrogen) atoms. The summed E-state index contributed by atoms with van der Waals surface area (Å²) in [5, 5.41) is 105. The van der Waals surface area contributed by atoms with Crippen LogP contribution in [-0.2, 0) is 19.0 Å². The number of methoxy groups -OCH3 is 1. The van der Waals surface area contributed by atoms with Gasteiger partial charge in [0.2, 0.25) is 6.29 Å². The Labute approximate surface area is 310 Å². The number of hydrogen-bond donors (Lipinski definition) is 10. The second-order valence-electron chi connectivity index (χ2n) is 12.8. The molecular formula is C37H38O18. The van der Waals surface area contributed by atoms with E-state index in [0.29, 0.717) is 11.1 Å². The number of aliphatic hydroxyl groups excluding tert-OH is 7. The molecule has 10 atom stereocenters. The third-order valence-electron chi connectivity index (χ3n) is 9.24. The predicted molar refractivity (Wildman–Crippen MR) is 186 cm³/mol. The molecule has 2 aliphatic rings. The average molecular weight is 771 g/mol. The number of aliphatic hydroxyl groups is 7. The lowest BCUT2D eigenvalue weighted by atomic mass is 9.89. The number of phenols is 3. The summed E-state index contributed by atoms with van der Waals surface area (Å²) in [4.78, 5) is 26.0. The Morgan fingerprint density at radius 1 is 0.800 bits per heavy atom. The number of ether oxygens (including phenoxy) is 5. The largest absolute Gasteiger partial charge is 0.508 e. The van der Waals surface area contributed by atoms with E-state index in [0.717, 1.165) is 18.2 Å². The van der Waals surface area contributed by atoms with Crippen molar-refractivity contribution in [3.8, 4) is 40.1 Å². The van der Waals surface area contributed by atoms with Crippen molar-refractivity contribution in [2.75, 3.05) is 20.3 Å². The maximum atomic E-state index is 13.5. The molecule has 0 radical (unpaired) electrons. The summed E-state index contributed by atoms with van der Waals surface area (Å²) in [5.41, 5.74) is -0.885. The first-order valence-electron chi connectivity index (χ1n) is 16.7. The van der Waals surface area contributed by atoms with Crippen LogP contribution in [0.4, 0.5) is 0 Å². The van der Waals surface area contributed by atoms with Crippen LogP contribution in [-0.4, -0.2) is 132 Å². The van der Waals surface area contributed by atoms with Crippen LogP contribution in [0.1, 0.15) is 17.2 Å². The first kappa shape index (κ1) is 39.4. The minimum Gasteiger partial charge on any atom is -0.508 e. The summed E-state index contributed by atoms with van der Waals surface area (Å²) in [6.45, 7) is -1.54. The molecule has 2 saturated heterocycles. The minimum absolute atomic E-state index is 0.0179. The van der Waals surface area contributed by atoms with Crippen molar-refractivity contribution in [1.29, 1.82) is 0 Å². The third-order valence-corrected chi connectivity index (χ3v) is 9.24. The number of fused-ring (bicyclic) bond motifs is 1. The topological polar surface area (TPSA) is 296 Å². The Bertz CT molecular complexity index is 2090. The summed E-state index contributed by atoms with van der Waals surface area (Å²) < 4.78 is 33.4. The van der Waals surface area contributed by atoms with Gasteiger partial charge < -0.3 is 79.2 Å². The third kappa shape index (κ3) is 7.94. The van der Waals surface area contributed by atoms with Crippen LogP contribution in [0.2, 0.25) is 0 Å². The summed E-state index contributed by atoms with van der Waals surface area (Å²) in [7, 11) is 1.37. The van der Waals surface area contributed by atoms with Gasteiger partial charge in [0.1, 0.15) is 95.5 Å². The predicted octanol–water partition coefficient (Wildman–Crippen LogP) is -0.457. The van der Waals surface area contributed by atoms with Crippen molar-refractivity contribution in [1.82, 2.24) is 0 Å². The molecule has 3 aromatic carbocycles. The highest BCUT2D eigenvalue weighted by Crippen LogP contribution is 2.46. The number of carbonyl (C=O) groups excluding carboxylic acids is 1. The number of carbonyl (C=O) groups is 1. The molecular weight excluding hydrogens is 732 g/mol. The van der Waals surface area contributed by atoms with E-state index in [1.54, 1.807) is 6.07 Å². The van der Waals surface area contributed by atoms with Gasteiger partial charge in [-0.2, -0.15) is 0 Å². The number of hydrogen-bond acceptors (Lipinski definition) is 18. The van der Waals surface area contributed by atoms with Crippen molar-refractivity contribution in [2.45, 2.75) is 61.2 Å². The van der Waals surface area contributed by atoms with Gasteiger partial charge in [-0.1, -0.05) is 6.07 Å². The van der Waals surface area contributed by atoms with E-state index < -0.39 is 108 Å². The van der Waals surface area contributed by atoms with Gasteiger partial charge in [0.25, 0.3) is 0 Å². The lowest BCUT2D eigenvalue weighted by Crippen LogP contribution is -2.60. The van der Waals surface area contributed by atoms with Gasteiger partial charge in [0.05, 0.1) is 19.3 Å². The quantitative estimate of drug-likeness (QED) is 0.0721. The van der Waals surface area contributed by atoms with Crippen LogP contribution < -0.4 is 14.9 Å². The molecule has 0 saturated carbocycles. The second kappa shape index (κ2) is 16.2. The molecule has 1 aromatic heterocycles. The number of benzene rings is 3. The minimum atomic E-state index is -2.01. The van der Waals surface area contributed by atoms with Gasteiger partial charge in [0.15, 0.2) is 16.9 Å². The Balaban J connectivity index is 1.33. The second-order valence-corrected chi connectivity index (χ2v) is 12.8. The summed E-state index contributed by atoms with van der Waals surface area (Å²) in [6.07, 6.45) is -16.0. The van der Waals surface area contributed by atoms with E-state index in [1.807, 2.05) is 0 Å². The first-order chi connectivity index (χ1) is 26.2. The molecule has 294 valence electrons. The van der Waals surface area contributed by atoms with Crippen LogP contribution in [0.3, 0.4) is 0 Å². The Morgan fingerprint density at radius 3 is 2.16 bits per heavy atom. The molecule has 6 rings (SSSR count). The Morgan fingerprint density at radius 2 is 1.49 bits per heavy atom. The van der Waals surface area contributed by atoms with Crippen LogP contribution in [0.5, 0.6) is 28.7 Å². The van der Waals surface area contributed by atoms with Crippen molar-refractivity contribution in [3.05, 3.63) is 82.0 Å². The van der Waals surface area contributed by atoms with Crippen LogP contribution in [0, 0.1) is 0 Å². The highest BCUT2D eigenvalue weighted by molar-refractivity contribution is 5.88. The molecule has 2 unspecified atom stereocenters. The lowest BCUT2D eigenvalue weighted by molar-refractivity contribution is -0.279. The SMILES string of the molecule is COc1ccc(/C=C/C(=O)OCC2OC(Oc3cc4oc(-c5ccc(O)cc5)cc(=O)c4c(O)c3[C@@H]3O[C@H](CO)[C@@H](O)[C@H](O)[C@H]3O)[C@H](O)[C@@H](O)[C@@H]2O)cc1O. The normalized spacial score (nSPS) is 28.3. The molecule has 3 heterocycles. The highest BCUT2D eigenvalue weighted by atomic mass is 16.7. The van der Waals surface area contributed by atoms with E-state index in [2.05, 4.69) is 0 Å². The summed E-state index contributed by atoms with van der Waals surface area (Å²) >= 11 is 0. The van der Waals surface area contributed by atoms with Crippen molar-refractivity contribution >= 4 is 23.0 Å². The zero-order valence-electron chi connectivity index (χ0n) is 28.8. The maximum absolute atomic E-state index is 13.5.